The Balaban J connectivity index is 1.65. The topological polar surface area (TPSA) is 148 Å². The SMILES string of the molecule is NS(=O)(=O)c1ccc(Cc2c(-c3ccc4ccccc4c3)[nH]n(-c3nc(C(=O)O)cs3)c2=O)cc1. The fourth-order valence-corrected chi connectivity index (χ4v) is 5.09. The van der Waals surface area contributed by atoms with Crippen LogP contribution in [0.2, 0.25) is 0 Å². The Bertz CT molecular complexity index is 1750. The zero-order valence-electron chi connectivity index (χ0n) is 18.0. The Morgan fingerprint density at radius 1 is 1.06 bits per heavy atom. The Labute approximate surface area is 203 Å². The van der Waals surface area contributed by atoms with Crippen LogP contribution in [0.3, 0.4) is 0 Å². The fourth-order valence-electron chi connectivity index (χ4n) is 3.82. The number of carboxylic acids is 1. The van der Waals surface area contributed by atoms with Crippen LogP contribution in [0.25, 0.3) is 27.2 Å². The van der Waals surface area contributed by atoms with Crippen molar-refractivity contribution in [2.75, 3.05) is 0 Å². The molecule has 5 rings (SSSR count). The highest BCUT2D eigenvalue weighted by Crippen LogP contribution is 2.27. The normalized spacial score (nSPS) is 11.7. The van der Waals surface area contributed by atoms with Crippen molar-refractivity contribution in [3.05, 3.63) is 99.3 Å². The maximum absolute atomic E-state index is 13.5. The van der Waals surface area contributed by atoms with E-state index in [0.717, 1.165) is 27.7 Å². The van der Waals surface area contributed by atoms with Crippen molar-refractivity contribution in [2.24, 2.45) is 5.14 Å². The number of nitrogens with zero attached hydrogens (tertiary/aromatic N) is 2. The van der Waals surface area contributed by atoms with Crippen LogP contribution in [0.1, 0.15) is 21.6 Å². The number of hydrogen-bond donors (Lipinski definition) is 3. The van der Waals surface area contributed by atoms with Gasteiger partial charge in [0, 0.05) is 22.9 Å². The van der Waals surface area contributed by atoms with E-state index in [1.165, 1.54) is 22.2 Å². The van der Waals surface area contributed by atoms with E-state index >= 15 is 0 Å². The van der Waals surface area contributed by atoms with Crippen molar-refractivity contribution in [3.8, 4) is 16.4 Å². The fraction of sp³-hybridized carbons (Fsp3) is 0.0417. The zero-order chi connectivity index (χ0) is 24.7. The van der Waals surface area contributed by atoms with Gasteiger partial charge in [0.2, 0.25) is 15.2 Å². The molecule has 0 saturated carbocycles. The molecule has 4 N–H and O–H groups in total. The summed E-state index contributed by atoms with van der Waals surface area (Å²) in [5.41, 5.74) is 1.92. The molecule has 0 radical (unpaired) electrons. The van der Waals surface area contributed by atoms with Gasteiger partial charge in [-0.3, -0.25) is 9.89 Å². The van der Waals surface area contributed by atoms with Crippen molar-refractivity contribution >= 4 is 38.1 Å². The van der Waals surface area contributed by atoms with Gasteiger partial charge < -0.3 is 5.11 Å². The Hall–Kier alpha value is -4.06. The molecule has 11 heteroatoms. The van der Waals surface area contributed by atoms with Gasteiger partial charge in [0.15, 0.2) is 5.69 Å². The molecule has 0 amide bonds. The Morgan fingerprint density at radius 2 is 1.77 bits per heavy atom. The van der Waals surface area contributed by atoms with Gasteiger partial charge in [-0.1, -0.05) is 48.5 Å². The summed E-state index contributed by atoms with van der Waals surface area (Å²) in [6.45, 7) is 0. The molecule has 2 aromatic heterocycles. The van der Waals surface area contributed by atoms with Gasteiger partial charge in [0.25, 0.3) is 5.56 Å². The van der Waals surface area contributed by atoms with E-state index in [4.69, 9.17) is 5.14 Å². The first-order valence-electron chi connectivity index (χ1n) is 10.3. The highest BCUT2D eigenvalue weighted by Gasteiger charge is 2.20. The monoisotopic (exact) mass is 506 g/mol. The average Bonchev–Trinajstić information content (AvgIpc) is 3.44. The van der Waals surface area contributed by atoms with E-state index in [-0.39, 0.29) is 27.7 Å². The molecule has 0 unspecified atom stereocenters. The molecule has 0 fully saturated rings. The zero-order valence-corrected chi connectivity index (χ0v) is 19.6. The van der Waals surface area contributed by atoms with Gasteiger partial charge >= 0.3 is 5.97 Å². The summed E-state index contributed by atoms with van der Waals surface area (Å²) in [7, 11) is -3.84. The van der Waals surface area contributed by atoms with Gasteiger partial charge in [-0.2, -0.15) is 4.68 Å². The Morgan fingerprint density at radius 3 is 2.43 bits per heavy atom. The second-order valence-corrected chi connectivity index (χ2v) is 10.3. The minimum absolute atomic E-state index is 0.0218. The summed E-state index contributed by atoms with van der Waals surface area (Å²) in [5, 5.41) is 21.1. The molecule has 0 aliphatic rings. The Kier molecular flexibility index (Phi) is 5.59. The van der Waals surface area contributed by atoms with Gasteiger partial charge in [-0.25, -0.2) is 23.3 Å². The number of rotatable bonds is 6. The van der Waals surface area contributed by atoms with Gasteiger partial charge in [0.1, 0.15) is 0 Å². The minimum atomic E-state index is -3.84. The van der Waals surface area contributed by atoms with Crippen molar-refractivity contribution in [1.82, 2.24) is 14.8 Å². The van der Waals surface area contributed by atoms with E-state index in [1.54, 1.807) is 12.1 Å². The molecule has 0 bridgehead atoms. The number of H-pyrrole nitrogens is 1. The third kappa shape index (κ3) is 4.39. The number of aromatic carboxylic acids is 1. The maximum atomic E-state index is 13.5. The van der Waals surface area contributed by atoms with Crippen molar-refractivity contribution in [1.29, 1.82) is 0 Å². The molecule has 0 aliphatic carbocycles. The summed E-state index contributed by atoms with van der Waals surface area (Å²) in [6.07, 6.45) is 0.201. The van der Waals surface area contributed by atoms with E-state index < -0.39 is 16.0 Å². The molecular formula is C24H18N4O5S2. The van der Waals surface area contributed by atoms with Crippen LogP contribution in [-0.2, 0) is 16.4 Å². The third-order valence-electron chi connectivity index (χ3n) is 5.56. The number of fused-ring (bicyclic) bond motifs is 1. The number of carbonyl (C=O) groups is 1. The van der Waals surface area contributed by atoms with Crippen LogP contribution >= 0.6 is 11.3 Å². The molecule has 0 atom stereocenters. The highest BCUT2D eigenvalue weighted by atomic mass is 32.2. The second-order valence-electron chi connectivity index (χ2n) is 7.85. The number of benzene rings is 3. The summed E-state index contributed by atoms with van der Waals surface area (Å²) < 4.78 is 24.4. The number of primary sulfonamides is 1. The summed E-state index contributed by atoms with van der Waals surface area (Å²) >= 11 is 1.04. The average molecular weight is 507 g/mol. The van der Waals surface area contributed by atoms with Crippen LogP contribution < -0.4 is 10.7 Å². The molecule has 9 nitrogen and oxygen atoms in total. The second kappa shape index (κ2) is 8.62. The molecule has 0 spiro atoms. The predicted octanol–water partition coefficient (Wildman–Crippen LogP) is 3.38. The lowest BCUT2D eigenvalue weighted by Gasteiger charge is -2.06. The standard InChI is InChI=1S/C24H18N4O5S2/c25-35(32,33)18-9-5-14(6-10-18)11-19-21(17-8-7-15-3-1-2-4-16(15)12-17)27-28(22(19)29)24-26-20(13-34-24)23(30)31/h1-10,12-13,27H,11H2,(H,30,31)(H2,25,32,33). The minimum Gasteiger partial charge on any atom is -0.476 e. The van der Waals surface area contributed by atoms with Crippen molar-refractivity contribution in [2.45, 2.75) is 11.3 Å². The molecule has 5 aromatic rings. The maximum Gasteiger partial charge on any atom is 0.355 e. The lowest BCUT2D eigenvalue weighted by molar-refractivity contribution is 0.0691. The first kappa shape index (κ1) is 22.7. The highest BCUT2D eigenvalue weighted by molar-refractivity contribution is 7.89. The van der Waals surface area contributed by atoms with Gasteiger partial charge in [0.05, 0.1) is 10.6 Å². The number of thiazole rings is 1. The van der Waals surface area contributed by atoms with Crippen LogP contribution in [-0.4, -0.2) is 34.3 Å². The predicted molar refractivity (Wildman–Crippen MR) is 133 cm³/mol. The quantitative estimate of drug-likeness (QED) is 0.322. The molecular weight excluding hydrogens is 488 g/mol. The van der Waals surface area contributed by atoms with Crippen LogP contribution in [0.15, 0.2) is 81.8 Å². The lowest BCUT2D eigenvalue weighted by atomic mass is 9.99. The number of hydrogen-bond acceptors (Lipinski definition) is 6. The third-order valence-corrected chi connectivity index (χ3v) is 7.32. The smallest absolute Gasteiger partial charge is 0.355 e. The molecule has 35 heavy (non-hydrogen) atoms. The number of carboxylic acid groups (broad SMARTS) is 1. The van der Waals surface area contributed by atoms with E-state index in [9.17, 15) is 23.1 Å². The lowest BCUT2D eigenvalue weighted by Crippen LogP contribution is -2.17. The first-order valence-corrected chi connectivity index (χ1v) is 12.8. The van der Waals surface area contributed by atoms with Crippen molar-refractivity contribution < 1.29 is 18.3 Å². The molecule has 3 aromatic carbocycles. The van der Waals surface area contributed by atoms with E-state index in [1.807, 2.05) is 42.5 Å². The summed E-state index contributed by atoms with van der Waals surface area (Å²) in [4.78, 5) is 28.8. The molecule has 0 saturated heterocycles. The van der Waals surface area contributed by atoms with Crippen LogP contribution in [0.4, 0.5) is 0 Å². The first-order chi connectivity index (χ1) is 16.7. The molecule has 0 aliphatic heterocycles. The summed E-state index contributed by atoms with van der Waals surface area (Å²) in [6, 6.07) is 19.6. The molecule has 176 valence electrons. The number of aromatic amines is 1. The van der Waals surface area contributed by atoms with E-state index in [2.05, 4.69) is 10.1 Å². The van der Waals surface area contributed by atoms with E-state index in [0.29, 0.717) is 16.8 Å². The molecule has 2 heterocycles. The number of nitrogens with one attached hydrogen (secondary N) is 1. The largest absolute Gasteiger partial charge is 0.476 e. The van der Waals surface area contributed by atoms with Crippen molar-refractivity contribution in [3.63, 3.8) is 0 Å². The van der Waals surface area contributed by atoms with Gasteiger partial charge in [-0.15, -0.1) is 11.3 Å². The number of aromatic nitrogens is 3. The van der Waals surface area contributed by atoms with Gasteiger partial charge in [-0.05, 0) is 34.5 Å². The number of nitrogens with two attached hydrogens (primary N) is 1. The summed E-state index contributed by atoms with van der Waals surface area (Å²) in [5.74, 6) is -1.18. The van der Waals surface area contributed by atoms with Crippen LogP contribution in [0.5, 0.6) is 0 Å². The van der Waals surface area contributed by atoms with Crippen LogP contribution in [0, 0.1) is 0 Å². The number of sulfonamides is 1.